The van der Waals surface area contributed by atoms with Gasteiger partial charge in [-0.1, -0.05) is 30.7 Å². The van der Waals surface area contributed by atoms with Crippen molar-refractivity contribution >= 4 is 34.9 Å². The molecular weight excluding hydrogens is 332 g/mol. The quantitative estimate of drug-likeness (QED) is 0.644. The van der Waals surface area contributed by atoms with Crippen LogP contribution < -0.4 is 5.32 Å². The number of rotatable bonds is 5. The van der Waals surface area contributed by atoms with Crippen molar-refractivity contribution in [3.63, 3.8) is 0 Å². The molecule has 1 aromatic rings. The van der Waals surface area contributed by atoms with Crippen LogP contribution in [0.4, 0.5) is 0 Å². The van der Waals surface area contributed by atoms with Crippen LogP contribution in [0.3, 0.4) is 0 Å². The highest BCUT2D eigenvalue weighted by atomic mass is 35.5. The lowest BCUT2D eigenvalue weighted by molar-refractivity contribution is -0.139. The molecule has 1 N–H and O–H groups in total. The van der Waals surface area contributed by atoms with Crippen molar-refractivity contribution < 1.29 is 9.53 Å². The molecule has 0 saturated carbocycles. The summed E-state index contributed by atoms with van der Waals surface area (Å²) < 4.78 is 5.26. The average Bonchev–Trinajstić information content (AvgIpc) is 2.51. The van der Waals surface area contributed by atoms with Crippen molar-refractivity contribution in [1.82, 2.24) is 10.2 Å². The molecular formula is C17H21ClN2O2S. The Morgan fingerprint density at radius 1 is 1.43 bits per heavy atom. The summed E-state index contributed by atoms with van der Waals surface area (Å²) in [5, 5.41) is 4.49. The third-order valence-corrected chi connectivity index (χ3v) is 4.29. The molecule has 6 heteroatoms. The van der Waals surface area contributed by atoms with E-state index in [0.717, 1.165) is 24.2 Å². The number of thiocarbonyl (C=S) groups is 1. The van der Waals surface area contributed by atoms with Gasteiger partial charge in [-0.05, 0) is 50.2 Å². The highest BCUT2D eigenvalue weighted by Gasteiger charge is 2.34. The lowest BCUT2D eigenvalue weighted by Crippen LogP contribution is -2.48. The molecule has 1 unspecified atom stereocenters. The zero-order chi connectivity index (χ0) is 17.0. The number of carbonyl (C=O) groups is 1. The number of ether oxygens (including phenoxy) is 1. The molecule has 0 radical (unpaired) electrons. The van der Waals surface area contributed by atoms with Crippen molar-refractivity contribution in [2.75, 3.05) is 13.2 Å². The van der Waals surface area contributed by atoms with Gasteiger partial charge in [0, 0.05) is 17.3 Å². The fraction of sp³-hybridized carbons (Fsp3) is 0.412. The minimum absolute atomic E-state index is 0.328. The topological polar surface area (TPSA) is 41.6 Å². The van der Waals surface area contributed by atoms with Gasteiger partial charge in [0.2, 0.25) is 0 Å². The molecule has 124 valence electrons. The first-order valence-electron chi connectivity index (χ1n) is 7.71. The second-order valence-electron chi connectivity index (χ2n) is 5.31. The lowest BCUT2D eigenvalue weighted by atomic mass is 9.95. The molecule has 2 rings (SSSR count). The van der Waals surface area contributed by atoms with Gasteiger partial charge in [-0.25, -0.2) is 4.79 Å². The monoisotopic (exact) mass is 352 g/mol. The Hall–Kier alpha value is -1.59. The number of nitrogens with zero attached hydrogens (tertiary/aromatic N) is 1. The summed E-state index contributed by atoms with van der Waals surface area (Å²) in [6.07, 6.45) is 0.928. The summed E-state index contributed by atoms with van der Waals surface area (Å²) in [6.45, 7) is 6.86. The minimum Gasteiger partial charge on any atom is -0.463 e. The minimum atomic E-state index is -0.353. The first-order chi connectivity index (χ1) is 11.0. The van der Waals surface area contributed by atoms with Crippen LogP contribution in [-0.2, 0) is 9.53 Å². The Morgan fingerprint density at radius 3 is 2.78 bits per heavy atom. The predicted octanol–water partition coefficient (Wildman–Crippen LogP) is 3.82. The summed E-state index contributed by atoms with van der Waals surface area (Å²) in [5.41, 5.74) is 2.30. The molecule has 0 saturated heterocycles. The average molecular weight is 353 g/mol. The van der Waals surface area contributed by atoms with E-state index in [1.807, 2.05) is 30.0 Å². The number of carbonyl (C=O) groups excluding carboxylic acids is 1. The van der Waals surface area contributed by atoms with Gasteiger partial charge in [-0.2, -0.15) is 0 Å². The molecule has 0 aromatic heterocycles. The second kappa shape index (κ2) is 7.79. The molecule has 4 nitrogen and oxygen atoms in total. The van der Waals surface area contributed by atoms with Gasteiger partial charge in [0.1, 0.15) is 0 Å². The molecule has 0 fully saturated rings. The van der Waals surface area contributed by atoms with E-state index in [-0.39, 0.29) is 12.0 Å². The van der Waals surface area contributed by atoms with Crippen LogP contribution in [0.5, 0.6) is 0 Å². The van der Waals surface area contributed by atoms with Crippen molar-refractivity contribution in [2.24, 2.45) is 0 Å². The van der Waals surface area contributed by atoms with Crippen molar-refractivity contribution in [3.8, 4) is 0 Å². The van der Waals surface area contributed by atoms with Crippen molar-refractivity contribution in [2.45, 2.75) is 33.2 Å². The Morgan fingerprint density at radius 2 is 2.17 bits per heavy atom. The zero-order valence-electron chi connectivity index (χ0n) is 13.6. The van der Waals surface area contributed by atoms with Crippen LogP contribution in [0.1, 0.15) is 38.8 Å². The summed E-state index contributed by atoms with van der Waals surface area (Å²) in [4.78, 5) is 14.5. The standard InChI is InChI=1S/C17H21ClN2O2S/c1-4-9-20-11(3)14(16(21)22-5-2)15(19-17(20)23)12-7-6-8-13(18)10-12/h6-8,10,15H,4-5,9H2,1-3H3,(H,19,23). The molecule has 23 heavy (non-hydrogen) atoms. The fourth-order valence-electron chi connectivity index (χ4n) is 2.68. The van der Waals surface area contributed by atoms with Gasteiger partial charge < -0.3 is 15.0 Å². The fourth-order valence-corrected chi connectivity index (χ4v) is 3.23. The van der Waals surface area contributed by atoms with Crippen LogP contribution in [0, 0.1) is 0 Å². The lowest BCUT2D eigenvalue weighted by Gasteiger charge is -2.37. The number of benzene rings is 1. The highest BCUT2D eigenvalue weighted by Crippen LogP contribution is 2.32. The first-order valence-corrected chi connectivity index (χ1v) is 8.49. The third kappa shape index (κ3) is 3.85. The van der Waals surface area contributed by atoms with E-state index in [1.54, 1.807) is 13.0 Å². The Labute approximate surface area is 147 Å². The van der Waals surface area contributed by atoms with Gasteiger partial charge in [-0.3, -0.25) is 0 Å². The Balaban J connectivity index is 2.51. The van der Waals surface area contributed by atoms with Crippen LogP contribution in [0.15, 0.2) is 35.5 Å². The maximum absolute atomic E-state index is 12.5. The Bertz CT molecular complexity index is 645. The first kappa shape index (κ1) is 17.8. The molecule has 1 aromatic carbocycles. The van der Waals surface area contributed by atoms with Crippen molar-refractivity contribution in [1.29, 1.82) is 0 Å². The SMILES string of the molecule is CCCN1C(=S)NC(c2cccc(Cl)c2)C(C(=O)OCC)=C1C. The molecule has 1 aliphatic heterocycles. The number of hydrogen-bond acceptors (Lipinski definition) is 3. The van der Waals surface area contributed by atoms with Crippen LogP contribution >= 0.6 is 23.8 Å². The van der Waals surface area contributed by atoms with Gasteiger partial charge in [-0.15, -0.1) is 0 Å². The molecule has 1 heterocycles. The van der Waals surface area contributed by atoms with Crippen LogP contribution in [-0.4, -0.2) is 29.1 Å². The van der Waals surface area contributed by atoms with E-state index >= 15 is 0 Å². The number of hydrogen-bond donors (Lipinski definition) is 1. The largest absolute Gasteiger partial charge is 0.463 e. The molecule has 0 aliphatic carbocycles. The van der Waals surface area contributed by atoms with Gasteiger partial charge in [0.25, 0.3) is 0 Å². The second-order valence-corrected chi connectivity index (χ2v) is 6.13. The van der Waals surface area contributed by atoms with Crippen LogP contribution in [0.2, 0.25) is 5.02 Å². The number of allylic oxidation sites excluding steroid dienone is 1. The zero-order valence-corrected chi connectivity index (χ0v) is 15.1. The summed E-state index contributed by atoms with van der Waals surface area (Å²) >= 11 is 11.6. The summed E-state index contributed by atoms with van der Waals surface area (Å²) in [7, 11) is 0. The summed E-state index contributed by atoms with van der Waals surface area (Å²) in [5.74, 6) is -0.328. The van der Waals surface area contributed by atoms with Gasteiger partial charge in [0.15, 0.2) is 5.11 Å². The number of nitrogens with one attached hydrogen (secondary N) is 1. The van der Waals surface area contributed by atoms with E-state index in [9.17, 15) is 4.79 Å². The van der Waals surface area contributed by atoms with E-state index in [0.29, 0.717) is 22.3 Å². The normalized spacial score (nSPS) is 18.0. The summed E-state index contributed by atoms with van der Waals surface area (Å²) in [6, 6.07) is 7.07. The number of esters is 1. The molecule has 0 bridgehead atoms. The van der Waals surface area contributed by atoms with Gasteiger partial charge in [0.05, 0.1) is 18.2 Å². The van der Waals surface area contributed by atoms with Crippen molar-refractivity contribution in [3.05, 3.63) is 46.1 Å². The molecule has 1 aliphatic rings. The molecule has 0 spiro atoms. The molecule has 0 amide bonds. The van der Waals surface area contributed by atoms with E-state index in [2.05, 4.69) is 12.2 Å². The third-order valence-electron chi connectivity index (χ3n) is 3.72. The van der Waals surface area contributed by atoms with Gasteiger partial charge >= 0.3 is 5.97 Å². The van der Waals surface area contributed by atoms with E-state index < -0.39 is 0 Å². The molecule has 1 atom stereocenters. The number of halogens is 1. The maximum atomic E-state index is 12.5. The predicted molar refractivity (Wildman–Crippen MR) is 96.3 cm³/mol. The highest BCUT2D eigenvalue weighted by molar-refractivity contribution is 7.80. The maximum Gasteiger partial charge on any atom is 0.338 e. The van der Waals surface area contributed by atoms with E-state index in [1.165, 1.54) is 0 Å². The van der Waals surface area contributed by atoms with Crippen LogP contribution in [0.25, 0.3) is 0 Å². The smallest absolute Gasteiger partial charge is 0.338 e. The Kier molecular flexibility index (Phi) is 6.02. The van der Waals surface area contributed by atoms with E-state index in [4.69, 9.17) is 28.6 Å².